The number of rotatable bonds is 3. The number of hydrogen-bond donors (Lipinski definition) is 3. The van der Waals surface area contributed by atoms with Crippen LogP contribution in [0.1, 0.15) is 32.6 Å². The van der Waals surface area contributed by atoms with E-state index in [0.717, 1.165) is 6.42 Å². The molecule has 20 heavy (non-hydrogen) atoms. The summed E-state index contributed by atoms with van der Waals surface area (Å²) in [5, 5.41) is 11.9. The van der Waals surface area contributed by atoms with Gasteiger partial charge in [0.05, 0.1) is 11.3 Å². The molecule has 2 rings (SSSR count). The van der Waals surface area contributed by atoms with Gasteiger partial charge in [-0.2, -0.15) is 0 Å². The Labute approximate surface area is 117 Å². The van der Waals surface area contributed by atoms with E-state index in [1.54, 1.807) is 11.8 Å². The van der Waals surface area contributed by atoms with E-state index in [1.807, 2.05) is 0 Å². The number of hydrogen-bond acceptors (Lipinski definition) is 3. The monoisotopic (exact) mass is 283 g/mol. The lowest BCUT2D eigenvalue weighted by molar-refractivity contribution is -0.142. The molecular formula is C13H21N3O4. The van der Waals surface area contributed by atoms with Crippen molar-refractivity contribution in [1.82, 2.24) is 10.2 Å². The summed E-state index contributed by atoms with van der Waals surface area (Å²) in [6, 6.07) is -0.617. The van der Waals surface area contributed by atoms with Crippen LogP contribution in [0.25, 0.3) is 0 Å². The molecule has 7 heteroatoms. The molecule has 2 aliphatic rings. The van der Waals surface area contributed by atoms with Crippen molar-refractivity contribution in [2.24, 2.45) is 17.1 Å². The van der Waals surface area contributed by atoms with Gasteiger partial charge >= 0.3 is 12.0 Å². The number of amides is 3. The highest BCUT2D eigenvalue weighted by molar-refractivity contribution is 5.83. The van der Waals surface area contributed by atoms with Crippen molar-refractivity contribution in [2.45, 2.75) is 38.6 Å². The van der Waals surface area contributed by atoms with Crippen LogP contribution in [0, 0.1) is 11.3 Å². The summed E-state index contributed by atoms with van der Waals surface area (Å²) in [6.45, 7) is 2.51. The summed E-state index contributed by atoms with van der Waals surface area (Å²) in [5.74, 6) is -1.78. The quantitative estimate of drug-likeness (QED) is 0.684. The molecule has 0 aromatic heterocycles. The van der Waals surface area contributed by atoms with E-state index < -0.39 is 23.2 Å². The maximum Gasteiger partial charge on any atom is 0.317 e. The Balaban J connectivity index is 1.93. The zero-order valence-electron chi connectivity index (χ0n) is 11.6. The Morgan fingerprint density at radius 1 is 1.35 bits per heavy atom. The fraction of sp³-hybridized carbons (Fsp3) is 0.769. The zero-order chi connectivity index (χ0) is 14.9. The van der Waals surface area contributed by atoms with Crippen molar-refractivity contribution in [1.29, 1.82) is 0 Å². The molecule has 1 saturated carbocycles. The third kappa shape index (κ3) is 2.71. The van der Waals surface area contributed by atoms with E-state index in [2.05, 4.69) is 5.32 Å². The SMILES string of the molecule is CC1(C(N)=O)CCN(C(=O)NC2CCCC2C(=O)O)C1. The third-order valence-electron chi connectivity index (χ3n) is 4.50. The minimum absolute atomic E-state index is 0.290. The van der Waals surface area contributed by atoms with Crippen LogP contribution in [0.15, 0.2) is 0 Å². The van der Waals surface area contributed by atoms with Gasteiger partial charge < -0.3 is 21.1 Å². The summed E-state index contributed by atoms with van der Waals surface area (Å²) in [6.07, 6.45) is 2.63. The van der Waals surface area contributed by atoms with Gasteiger partial charge in [-0.1, -0.05) is 6.42 Å². The van der Waals surface area contributed by atoms with Crippen molar-refractivity contribution in [3.05, 3.63) is 0 Å². The first-order valence-corrected chi connectivity index (χ1v) is 6.92. The van der Waals surface area contributed by atoms with Gasteiger partial charge in [0.15, 0.2) is 0 Å². The molecule has 0 aromatic carbocycles. The van der Waals surface area contributed by atoms with E-state index in [-0.39, 0.29) is 12.1 Å². The molecule has 3 unspecified atom stereocenters. The number of nitrogens with zero attached hydrogens (tertiary/aromatic N) is 1. The number of nitrogens with two attached hydrogens (primary N) is 1. The van der Waals surface area contributed by atoms with Crippen molar-refractivity contribution in [3.63, 3.8) is 0 Å². The molecule has 1 heterocycles. The Morgan fingerprint density at radius 3 is 2.60 bits per heavy atom. The minimum Gasteiger partial charge on any atom is -0.481 e. The van der Waals surface area contributed by atoms with E-state index in [9.17, 15) is 14.4 Å². The molecule has 7 nitrogen and oxygen atoms in total. The average molecular weight is 283 g/mol. The average Bonchev–Trinajstić information content (AvgIpc) is 2.96. The smallest absolute Gasteiger partial charge is 0.317 e. The molecule has 0 bridgehead atoms. The summed E-state index contributed by atoms with van der Waals surface area (Å²) < 4.78 is 0. The number of primary amides is 1. The van der Waals surface area contributed by atoms with Crippen LogP contribution in [0.5, 0.6) is 0 Å². The Bertz CT molecular complexity index is 439. The van der Waals surface area contributed by atoms with E-state index in [0.29, 0.717) is 32.4 Å². The van der Waals surface area contributed by atoms with Gasteiger partial charge in [-0.15, -0.1) is 0 Å². The molecule has 4 N–H and O–H groups in total. The van der Waals surface area contributed by atoms with Crippen LogP contribution in [0.2, 0.25) is 0 Å². The predicted octanol–water partition coefficient (Wildman–Crippen LogP) is 0.147. The lowest BCUT2D eigenvalue weighted by Crippen LogP contribution is -2.48. The van der Waals surface area contributed by atoms with E-state index in [1.165, 1.54) is 0 Å². The predicted molar refractivity (Wildman–Crippen MR) is 70.8 cm³/mol. The summed E-state index contributed by atoms with van der Waals surface area (Å²) in [7, 11) is 0. The number of carboxylic acids is 1. The first-order chi connectivity index (χ1) is 9.33. The topological polar surface area (TPSA) is 113 Å². The van der Waals surface area contributed by atoms with Gasteiger partial charge in [0.1, 0.15) is 0 Å². The highest BCUT2D eigenvalue weighted by Crippen LogP contribution is 2.30. The number of nitrogens with one attached hydrogen (secondary N) is 1. The van der Waals surface area contributed by atoms with Gasteiger partial charge in [-0.25, -0.2) is 4.79 Å². The van der Waals surface area contributed by atoms with Crippen molar-refractivity contribution < 1.29 is 19.5 Å². The van der Waals surface area contributed by atoms with Crippen molar-refractivity contribution >= 4 is 17.9 Å². The van der Waals surface area contributed by atoms with Crippen molar-refractivity contribution in [3.8, 4) is 0 Å². The van der Waals surface area contributed by atoms with Crippen LogP contribution >= 0.6 is 0 Å². The zero-order valence-corrected chi connectivity index (χ0v) is 11.6. The molecule has 2 fully saturated rings. The number of urea groups is 1. The molecule has 1 saturated heterocycles. The van der Waals surface area contributed by atoms with Crippen LogP contribution in [0.4, 0.5) is 4.79 Å². The first-order valence-electron chi connectivity index (χ1n) is 6.92. The van der Waals surface area contributed by atoms with Gasteiger partial charge in [-0.3, -0.25) is 9.59 Å². The van der Waals surface area contributed by atoms with Gasteiger partial charge in [-0.05, 0) is 26.2 Å². The number of carboxylic acid groups (broad SMARTS) is 1. The second-order valence-electron chi connectivity index (χ2n) is 6.03. The van der Waals surface area contributed by atoms with E-state index in [4.69, 9.17) is 10.8 Å². The highest BCUT2D eigenvalue weighted by Gasteiger charge is 2.42. The molecular weight excluding hydrogens is 262 g/mol. The molecule has 0 radical (unpaired) electrons. The Morgan fingerprint density at radius 2 is 2.05 bits per heavy atom. The fourth-order valence-electron chi connectivity index (χ4n) is 3.01. The molecule has 1 aliphatic heterocycles. The fourth-order valence-corrected chi connectivity index (χ4v) is 3.01. The molecule has 3 amide bonds. The van der Waals surface area contributed by atoms with Crippen LogP contribution in [-0.2, 0) is 9.59 Å². The third-order valence-corrected chi connectivity index (χ3v) is 4.50. The Kier molecular flexibility index (Phi) is 3.87. The molecule has 1 aliphatic carbocycles. The Hall–Kier alpha value is -1.79. The normalized spacial score (nSPS) is 33.1. The second kappa shape index (κ2) is 5.30. The lowest BCUT2D eigenvalue weighted by atomic mass is 9.89. The van der Waals surface area contributed by atoms with Crippen LogP contribution in [0.3, 0.4) is 0 Å². The standard InChI is InChI=1S/C13H21N3O4/c1-13(11(14)19)5-6-16(7-13)12(20)15-9-4-2-3-8(9)10(17)18/h8-9H,2-7H2,1H3,(H2,14,19)(H,15,20)(H,17,18). The summed E-state index contributed by atoms with van der Waals surface area (Å²) in [5.41, 5.74) is 4.66. The van der Waals surface area contributed by atoms with Crippen LogP contribution < -0.4 is 11.1 Å². The number of carbonyl (C=O) groups is 3. The van der Waals surface area contributed by atoms with Crippen molar-refractivity contribution in [2.75, 3.05) is 13.1 Å². The molecule has 112 valence electrons. The van der Waals surface area contributed by atoms with E-state index >= 15 is 0 Å². The number of likely N-dealkylation sites (tertiary alicyclic amines) is 1. The van der Waals surface area contributed by atoms with Gasteiger partial charge in [0.25, 0.3) is 0 Å². The van der Waals surface area contributed by atoms with Gasteiger partial charge in [0, 0.05) is 19.1 Å². The highest BCUT2D eigenvalue weighted by atomic mass is 16.4. The number of carbonyl (C=O) groups excluding carboxylic acids is 2. The largest absolute Gasteiger partial charge is 0.481 e. The number of aliphatic carboxylic acids is 1. The van der Waals surface area contributed by atoms with Gasteiger partial charge in [0.2, 0.25) is 5.91 Å². The molecule has 0 aromatic rings. The van der Waals surface area contributed by atoms with Crippen LogP contribution in [-0.4, -0.2) is 47.0 Å². The first kappa shape index (κ1) is 14.6. The maximum absolute atomic E-state index is 12.1. The molecule has 3 atom stereocenters. The maximum atomic E-state index is 12.1. The summed E-state index contributed by atoms with van der Waals surface area (Å²) >= 11 is 0. The molecule has 0 spiro atoms. The second-order valence-corrected chi connectivity index (χ2v) is 6.03. The minimum atomic E-state index is -0.865. The summed E-state index contributed by atoms with van der Waals surface area (Å²) in [4.78, 5) is 36.1. The lowest BCUT2D eigenvalue weighted by Gasteiger charge is -2.24.